The number of para-hydroxylation sites is 1. The molecule has 4 aromatic carbocycles. The Bertz CT molecular complexity index is 2030. The zero-order valence-corrected chi connectivity index (χ0v) is 28.8. The van der Waals surface area contributed by atoms with Gasteiger partial charge in [0.25, 0.3) is 11.8 Å². The van der Waals surface area contributed by atoms with E-state index in [-0.39, 0.29) is 11.6 Å². The van der Waals surface area contributed by atoms with Crippen molar-refractivity contribution in [3.05, 3.63) is 136 Å². The molecule has 3 N–H and O–H groups in total. The fraction of sp³-hybridized carbons (Fsp3) is 0.128. The summed E-state index contributed by atoms with van der Waals surface area (Å²) in [5.74, 6) is -0.647. The number of carbonyl (C=O) groups excluding carboxylic acids is 3. The van der Waals surface area contributed by atoms with Gasteiger partial charge in [0.05, 0.1) is 17.4 Å². The maximum atomic E-state index is 13.6. The number of aryl methyl sites for hydroxylation is 1. The van der Waals surface area contributed by atoms with Crippen molar-refractivity contribution in [2.75, 3.05) is 17.2 Å². The summed E-state index contributed by atoms with van der Waals surface area (Å²) in [6, 6.07) is 33.1. The molecule has 1 unspecified atom stereocenters. The number of anilines is 2. The highest BCUT2D eigenvalue weighted by molar-refractivity contribution is 8.00. The Balaban J connectivity index is 1.30. The van der Waals surface area contributed by atoms with E-state index in [0.717, 1.165) is 21.6 Å². The fourth-order valence-corrected chi connectivity index (χ4v) is 6.66. The summed E-state index contributed by atoms with van der Waals surface area (Å²) in [5.41, 5.74) is 4.78. The topological polar surface area (TPSA) is 120 Å². The van der Waals surface area contributed by atoms with Gasteiger partial charge in [-0.2, -0.15) is 5.26 Å². The molecule has 8 nitrogen and oxygen atoms in total. The van der Waals surface area contributed by atoms with Crippen LogP contribution in [0.1, 0.15) is 40.9 Å². The molecule has 0 radical (unpaired) electrons. The molecule has 0 spiro atoms. The van der Waals surface area contributed by atoms with Crippen molar-refractivity contribution in [2.24, 2.45) is 0 Å². The molecule has 1 atom stereocenters. The number of hydrogen-bond donors (Lipinski definition) is 3. The predicted molar refractivity (Wildman–Crippen MR) is 198 cm³/mol. The lowest BCUT2D eigenvalue weighted by Gasteiger charge is -2.14. The van der Waals surface area contributed by atoms with Crippen LogP contribution in [0.3, 0.4) is 0 Å². The average molecular weight is 687 g/mol. The number of nitrogens with zero attached hydrogens (tertiary/aromatic N) is 1. The third kappa shape index (κ3) is 9.05. The molecule has 0 saturated carbocycles. The van der Waals surface area contributed by atoms with E-state index in [2.05, 4.69) is 22.0 Å². The number of nitrogens with one attached hydrogen (secondary N) is 3. The summed E-state index contributed by atoms with van der Waals surface area (Å²) in [6.07, 6.45) is 1.58. The molecular weight excluding hydrogens is 653 g/mol. The third-order valence-electron chi connectivity index (χ3n) is 7.32. The molecule has 0 fully saturated rings. The van der Waals surface area contributed by atoms with Crippen molar-refractivity contribution in [1.82, 2.24) is 5.32 Å². The summed E-state index contributed by atoms with van der Waals surface area (Å²) in [5, 5.41) is 20.3. The Hall–Kier alpha value is -5.63. The number of amides is 3. The number of rotatable bonds is 12. The largest absolute Gasteiger partial charge is 0.493 e. The Morgan fingerprint density at radius 1 is 0.939 bits per heavy atom. The highest BCUT2D eigenvalue weighted by Crippen LogP contribution is 2.36. The monoisotopic (exact) mass is 686 g/mol. The summed E-state index contributed by atoms with van der Waals surface area (Å²) < 4.78 is 5.73. The number of thioether (sulfide) groups is 1. The zero-order valence-electron chi connectivity index (χ0n) is 27.2. The van der Waals surface area contributed by atoms with Crippen molar-refractivity contribution in [2.45, 2.75) is 30.9 Å². The van der Waals surface area contributed by atoms with E-state index in [0.29, 0.717) is 39.7 Å². The van der Waals surface area contributed by atoms with E-state index >= 15 is 0 Å². The second-order valence-corrected chi connectivity index (χ2v) is 13.2. The number of nitriles is 1. The maximum absolute atomic E-state index is 13.6. The normalized spacial score (nSPS) is 11.6. The Labute approximate surface area is 293 Å². The van der Waals surface area contributed by atoms with Crippen molar-refractivity contribution < 1.29 is 19.1 Å². The molecule has 3 amide bonds. The fourth-order valence-electron chi connectivity index (χ4n) is 4.81. The molecule has 0 saturated heterocycles. The van der Waals surface area contributed by atoms with Crippen LogP contribution in [0.4, 0.5) is 10.7 Å². The quantitative estimate of drug-likeness (QED) is 0.0894. The third-order valence-corrected chi connectivity index (χ3v) is 9.31. The van der Waals surface area contributed by atoms with E-state index in [1.54, 1.807) is 67.6 Å². The van der Waals surface area contributed by atoms with Crippen LogP contribution in [0.15, 0.2) is 119 Å². The minimum Gasteiger partial charge on any atom is -0.493 e. The molecule has 10 heteroatoms. The molecule has 246 valence electrons. The molecule has 5 rings (SSSR count). The lowest BCUT2D eigenvalue weighted by atomic mass is 10.0. The lowest BCUT2D eigenvalue weighted by Crippen LogP contribution is -2.30. The second-order valence-electron chi connectivity index (χ2n) is 10.9. The number of ether oxygens (including phenoxy) is 1. The second kappa shape index (κ2) is 16.5. The summed E-state index contributed by atoms with van der Waals surface area (Å²) >= 11 is 2.63. The van der Waals surface area contributed by atoms with Gasteiger partial charge >= 0.3 is 0 Å². The van der Waals surface area contributed by atoms with Crippen LogP contribution in [-0.4, -0.2) is 29.6 Å². The first-order chi connectivity index (χ1) is 23.7. The minimum absolute atomic E-state index is 0.0288. The predicted octanol–water partition coefficient (Wildman–Crippen LogP) is 8.52. The van der Waals surface area contributed by atoms with Crippen LogP contribution in [0.5, 0.6) is 5.75 Å². The highest BCUT2D eigenvalue weighted by atomic mass is 32.2. The molecule has 0 aliphatic rings. The van der Waals surface area contributed by atoms with Gasteiger partial charge in [-0.3, -0.25) is 14.4 Å². The summed E-state index contributed by atoms with van der Waals surface area (Å²) in [6.45, 7) is 6.09. The number of benzene rings is 4. The Kier molecular flexibility index (Phi) is 11.7. The SMILES string of the molecule is CCOc1ccccc1/C=C(/NC(=O)c1ccccc1)C(=O)Nc1cccc(SC(C)C(=O)Nc2scc(-c3ccc(C)cc3)c2C#N)c1. The molecule has 49 heavy (non-hydrogen) atoms. The molecule has 1 heterocycles. The summed E-state index contributed by atoms with van der Waals surface area (Å²) in [7, 11) is 0. The van der Waals surface area contributed by atoms with Crippen molar-refractivity contribution in [3.63, 3.8) is 0 Å². The van der Waals surface area contributed by atoms with Crippen LogP contribution in [0.2, 0.25) is 0 Å². The lowest BCUT2D eigenvalue weighted by molar-refractivity contribution is -0.115. The molecule has 0 aliphatic carbocycles. The van der Waals surface area contributed by atoms with E-state index in [4.69, 9.17) is 4.74 Å². The van der Waals surface area contributed by atoms with Crippen molar-refractivity contribution in [3.8, 4) is 22.9 Å². The number of hydrogen-bond acceptors (Lipinski definition) is 7. The first kappa shape index (κ1) is 34.7. The smallest absolute Gasteiger partial charge is 0.272 e. The number of thiophene rings is 1. The van der Waals surface area contributed by atoms with Crippen LogP contribution in [0, 0.1) is 18.3 Å². The van der Waals surface area contributed by atoms with Gasteiger partial charge in [-0.15, -0.1) is 23.1 Å². The van der Waals surface area contributed by atoms with Crippen molar-refractivity contribution >= 4 is 57.6 Å². The standard InChI is InChI=1S/C39H34N4O4S2/c1-4-47-35-16-9-8-13-29(35)21-34(42-37(45)28-11-6-5-7-12-28)38(46)41-30-14-10-15-31(22-30)49-26(3)36(44)43-39-32(23-40)33(24-48-39)27-19-17-25(2)18-20-27/h5-22,24,26H,4H2,1-3H3,(H,41,46)(H,42,45)(H,43,44)/b34-21+. The van der Waals surface area contributed by atoms with E-state index in [1.165, 1.54) is 23.1 Å². The Morgan fingerprint density at radius 2 is 1.67 bits per heavy atom. The summed E-state index contributed by atoms with van der Waals surface area (Å²) in [4.78, 5) is 40.7. The van der Waals surface area contributed by atoms with Gasteiger partial charge in [-0.25, -0.2) is 0 Å². The molecular formula is C39H34N4O4S2. The van der Waals surface area contributed by atoms with Crippen LogP contribution >= 0.6 is 23.1 Å². The van der Waals surface area contributed by atoms with Crippen LogP contribution < -0.4 is 20.7 Å². The first-order valence-corrected chi connectivity index (χ1v) is 17.3. The van der Waals surface area contributed by atoms with E-state index < -0.39 is 17.1 Å². The molecule has 5 aromatic rings. The number of carbonyl (C=O) groups is 3. The van der Waals surface area contributed by atoms with Gasteiger partial charge in [0, 0.05) is 32.7 Å². The average Bonchev–Trinajstić information content (AvgIpc) is 3.51. The van der Waals surface area contributed by atoms with E-state index in [1.807, 2.05) is 67.8 Å². The van der Waals surface area contributed by atoms with Crippen molar-refractivity contribution in [1.29, 1.82) is 5.26 Å². The molecule has 0 aliphatic heterocycles. The van der Waals surface area contributed by atoms with Gasteiger partial charge in [-0.1, -0.05) is 72.3 Å². The van der Waals surface area contributed by atoms with Crippen LogP contribution in [0.25, 0.3) is 17.2 Å². The van der Waals surface area contributed by atoms with Gasteiger partial charge in [-0.05, 0) is 68.8 Å². The minimum atomic E-state index is -0.533. The molecule has 0 bridgehead atoms. The van der Waals surface area contributed by atoms with Gasteiger partial charge in [0.2, 0.25) is 5.91 Å². The maximum Gasteiger partial charge on any atom is 0.272 e. The Morgan fingerprint density at radius 3 is 2.41 bits per heavy atom. The van der Waals surface area contributed by atoms with Gasteiger partial charge < -0.3 is 20.7 Å². The highest BCUT2D eigenvalue weighted by Gasteiger charge is 2.21. The van der Waals surface area contributed by atoms with E-state index in [9.17, 15) is 19.6 Å². The molecule has 1 aromatic heterocycles. The van der Waals surface area contributed by atoms with Crippen LogP contribution in [-0.2, 0) is 9.59 Å². The van der Waals surface area contributed by atoms with Gasteiger partial charge in [0.15, 0.2) is 0 Å². The first-order valence-electron chi connectivity index (χ1n) is 15.5. The van der Waals surface area contributed by atoms with Gasteiger partial charge in [0.1, 0.15) is 22.5 Å². The zero-order chi connectivity index (χ0) is 34.8.